The van der Waals surface area contributed by atoms with Crippen LogP contribution in [0.15, 0.2) is 0 Å². The van der Waals surface area contributed by atoms with Gasteiger partial charge in [-0.25, -0.2) is 0 Å². The molecule has 0 spiro atoms. The van der Waals surface area contributed by atoms with E-state index in [9.17, 15) is 4.79 Å². The second-order valence-corrected chi connectivity index (χ2v) is 4.60. The molecule has 2 saturated heterocycles. The van der Waals surface area contributed by atoms with Gasteiger partial charge in [0.05, 0.1) is 19.1 Å². The standard InChI is InChI=1S/C12H21NO3/c1-2-16-12(14)10-4-3-6-13(8-10)11-5-7-15-9-11/h10-11H,2-9H2,1H3/t10-,11?/m0/s1. The Labute approximate surface area is 96.9 Å². The highest BCUT2D eigenvalue weighted by molar-refractivity contribution is 5.72. The summed E-state index contributed by atoms with van der Waals surface area (Å²) in [6.07, 6.45) is 3.18. The number of nitrogens with zero attached hydrogens (tertiary/aromatic N) is 1. The minimum Gasteiger partial charge on any atom is -0.466 e. The number of esters is 1. The largest absolute Gasteiger partial charge is 0.466 e. The van der Waals surface area contributed by atoms with Gasteiger partial charge in [0.2, 0.25) is 0 Å². The van der Waals surface area contributed by atoms with Crippen molar-refractivity contribution >= 4 is 5.97 Å². The molecule has 0 aromatic carbocycles. The highest BCUT2D eigenvalue weighted by Gasteiger charge is 2.31. The van der Waals surface area contributed by atoms with Gasteiger partial charge in [-0.05, 0) is 32.7 Å². The van der Waals surface area contributed by atoms with Crippen LogP contribution in [0.5, 0.6) is 0 Å². The molecule has 0 bridgehead atoms. The molecule has 2 aliphatic heterocycles. The maximum atomic E-state index is 11.7. The van der Waals surface area contributed by atoms with E-state index in [0.717, 1.165) is 45.6 Å². The van der Waals surface area contributed by atoms with Crippen molar-refractivity contribution in [1.82, 2.24) is 4.90 Å². The summed E-state index contributed by atoms with van der Waals surface area (Å²) in [7, 11) is 0. The van der Waals surface area contributed by atoms with Gasteiger partial charge < -0.3 is 9.47 Å². The summed E-state index contributed by atoms with van der Waals surface area (Å²) in [5.41, 5.74) is 0. The first-order chi connectivity index (χ1) is 7.81. The second kappa shape index (κ2) is 5.64. The first-order valence-electron chi connectivity index (χ1n) is 6.29. The van der Waals surface area contributed by atoms with E-state index in [1.807, 2.05) is 6.92 Å². The monoisotopic (exact) mass is 227 g/mol. The lowest BCUT2D eigenvalue weighted by atomic mass is 9.96. The van der Waals surface area contributed by atoms with Gasteiger partial charge >= 0.3 is 5.97 Å². The smallest absolute Gasteiger partial charge is 0.310 e. The third-order valence-corrected chi connectivity index (χ3v) is 3.49. The average molecular weight is 227 g/mol. The van der Waals surface area contributed by atoms with Gasteiger partial charge in [0.15, 0.2) is 0 Å². The highest BCUT2D eigenvalue weighted by Crippen LogP contribution is 2.22. The lowest BCUT2D eigenvalue weighted by Gasteiger charge is -2.35. The van der Waals surface area contributed by atoms with Crippen LogP contribution in [0.1, 0.15) is 26.2 Å². The van der Waals surface area contributed by atoms with Gasteiger partial charge in [-0.3, -0.25) is 9.69 Å². The normalized spacial score (nSPS) is 31.6. The van der Waals surface area contributed by atoms with Gasteiger partial charge in [-0.15, -0.1) is 0 Å². The first-order valence-corrected chi connectivity index (χ1v) is 6.29. The van der Waals surface area contributed by atoms with Crippen LogP contribution in [0, 0.1) is 5.92 Å². The van der Waals surface area contributed by atoms with Crippen molar-refractivity contribution in [3.63, 3.8) is 0 Å². The zero-order valence-electron chi connectivity index (χ0n) is 9.98. The molecule has 0 amide bonds. The molecule has 2 heterocycles. The summed E-state index contributed by atoms with van der Waals surface area (Å²) in [5, 5.41) is 0. The van der Waals surface area contributed by atoms with E-state index in [-0.39, 0.29) is 11.9 Å². The van der Waals surface area contributed by atoms with Gasteiger partial charge in [0.25, 0.3) is 0 Å². The number of carbonyl (C=O) groups excluding carboxylic acids is 1. The number of rotatable bonds is 3. The minimum absolute atomic E-state index is 0.0221. The van der Waals surface area contributed by atoms with Crippen LogP contribution in [0.25, 0.3) is 0 Å². The van der Waals surface area contributed by atoms with E-state index < -0.39 is 0 Å². The first kappa shape index (κ1) is 11.9. The van der Waals surface area contributed by atoms with Crippen LogP contribution in [0.4, 0.5) is 0 Å². The maximum Gasteiger partial charge on any atom is 0.310 e. The van der Waals surface area contributed by atoms with Gasteiger partial charge in [0, 0.05) is 19.2 Å². The molecule has 92 valence electrons. The topological polar surface area (TPSA) is 38.8 Å². The van der Waals surface area contributed by atoms with Crippen LogP contribution in [-0.4, -0.2) is 49.8 Å². The van der Waals surface area contributed by atoms with Gasteiger partial charge in [-0.1, -0.05) is 0 Å². The summed E-state index contributed by atoms with van der Waals surface area (Å²) in [6.45, 7) is 6.00. The molecule has 2 atom stereocenters. The zero-order valence-corrected chi connectivity index (χ0v) is 9.98. The number of hydrogen-bond donors (Lipinski definition) is 0. The predicted octanol–water partition coefficient (Wildman–Crippen LogP) is 1.05. The molecule has 4 nitrogen and oxygen atoms in total. The second-order valence-electron chi connectivity index (χ2n) is 4.60. The summed E-state index contributed by atoms with van der Waals surface area (Å²) < 4.78 is 10.5. The van der Waals surface area contributed by atoms with E-state index in [0.29, 0.717) is 12.6 Å². The Morgan fingerprint density at radius 3 is 3.06 bits per heavy atom. The lowest BCUT2D eigenvalue weighted by Crippen LogP contribution is -2.45. The Morgan fingerprint density at radius 1 is 1.50 bits per heavy atom. The van der Waals surface area contributed by atoms with Crippen molar-refractivity contribution < 1.29 is 14.3 Å². The third kappa shape index (κ3) is 2.74. The van der Waals surface area contributed by atoms with Crippen LogP contribution in [0.3, 0.4) is 0 Å². The van der Waals surface area contributed by atoms with E-state index in [4.69, 9.17) is 9.47 Å². The third-order valence-electron chi connectivity index (χ3n) is 3.49. The summed E-state index contributed by atoms with van der Waals surface area (Å²) in [6, 6.07) is 0.525. The van der Waals surface area contributed by atoms with E-state index >= 15 is 0 Å². The molecule has 4 heteroatoms. The highest BCUT2D eigenvalue weighted by atomic mass is 16.5. The van der Waals surface area contributed by atoms with Crippen molar-refractivity contribution in [2.24, 2.45) is 5.92 Å². The summed E-state index contributed by atoms with van der Waals surface area (Å²) in [4.78, 5) is 14.1. The molecular weight excluding hydrogens is 206 g/mol. The molecular formula is C12H21NO3. The Hall–Kier alpha value is -0.610. The molecule has 0 N–H and O–H groups in total. The molecule has 0 radical (unpaired) electrons. The molecule has 0 aliphatic carbocycles. The molecule has 1 unspecified atom stereocenters. The molecule has 2 aliphatic rings. The quantitative estimate of drug-likeness (QED) is 0.676. The van der Waals surface area contributed by atoms with Crippen molar-refractivity contribution in [3.05, 3.63) is 0 Å². The fourth-order valence-corrected chi connectivity index (χ4v) is 2.60. The van der Waals surface area contributed by atoms with Crippen LogP contribution >= 0.6 is 0 Å². The average Bonchev–Trinajstić information content (AvgIpc) is 2.83. The Bertz CT molecular complexity index is 238. The van der Waals surface area contributed by atoms with Crippen LogP contribution < -0.4 is 0 Å². The van der Waals surface area contributed by atoms with Crippen LogP contribution in [0.2, 0.25) is 0 Å². The summed E-state index contributed by atoms with van der Waals surface area (Å²) in [5.74, 6) is 0.0559. The van der Waals surface area contributed by atoms with Gasteiger partial charge in [0.1, 0.15) is 0 Å². The van der Waals surface area contributed by atoms with Crippen LogP contribution in [-0.2, 0) is 14.3 Å². The van der Waals surface area contributed by atoms with E-state index in [1.165, 1.54) is 0 Å². The Morgan fingerprint density at radius 2 is 2.38 bits per heavy atom. The van der Waals surface area contributed by atoms with Crippen molar-refractivity contribution in [2.45, 2.75) is 32.2 Å². The Kier molecular flexibility index (Phi) is 4.18. The maximum absolute atomic E-state index is 11.7. The fourth-order valence-electron chi connectivity index (χ4n) is 2.60. The van der Waals surface area contributed by atoms with E-state index in [1.54, 1.807) is 0 Å². The molecule has 0 saturated carbocycles. The summed E-state index contributed by atoms with van der Waals surface area (Å²) >= 11 is 0. The minimum atomic E-state index is -0.0221. The number of hydrogen-bond acceptors (Lipinski definition) is 4. The predicted molar refractivity (Wildman–Crippen MR) is 60.2 cm³/mol. The number of ether oxygens (including phenoxy) is 2. The SMILES string of the molecule is CCOC(=O)[C@H]1CCCN(C2CCOC2)C1. The van der Waals surface area contributed by atoms with Gasteiger partial charge in [-0.2, -0.15) is 0 Å². The van der Waals surface area contributed by atoms with Crippen molar-refractivity contribution in [3.8, 4) is 0 Å². The molecule has 0 aromatic heterocycles. The number of likely N-dealkylation sites (tertiary alicyclic amines) is 1. The van der Waals surface area contributed by atoms with E-state index in [2.05, 4.69) is 4.90 Å². The van der Waals surface area contributed by atoms with Crippen molar-refractivity contribution in [2.75, 3.05) is 32.9 Å². The number of carbonyl (C=O) groups is 1. The molecule has 2 rings (SSSR count). The molecule has 0 aromatic rings. The lowest BCUT2D eigenvalue weighted by molar-refractivity contribution is -0.150. The zero-order chi connectivity index (χ0) is 11.4. The molecule has 2 fully saturated rings. The molecule has 16 heavy (non-hydrogen) atoms. The fraction of sp³-hybridized carbons (Fsp3) is 0.917. The van der Waals surface area contributed by atoms with Crippen molar-refractivity contribution in [1.29, 1.82) is 0 Å². The Balaban J connectivity index is 1.85. The number of piperidine rings is 1.